The van der Waals surface area contributed by atoms with Crippen molar-refractivity contribution >= 4 is 29.3 Å². The van der Waals surface area contributed by atoms with Gasteiger partial charge in [-0.1, -0.05) is 32.9 Å². The first-order valence-corrected chi connectivity index (χ1v) is 9.63. The van der Waals surface area contributed by atoms with Crippen LogP contribution in [-0.2, 0) is 11.8 Å². The van der Waals surface area contributed by atoms with Crippen LogP contribution in [-0.4, -0.2) is 23.6 Å². The molecule has 1 aromatic carbocycles. The highest BCUT2D eigenvalue weighted by atomic mass is 32.1. The maximum absolute atomic E-state index is 12.7. The number of Topliss-reactive ketones (excluding diaryl/α,β-unsaturated/α-hetero) is 1. The van der Waals surface area contributed by atoms with Crippen molar-refractivity contribution in [2.24, 2.45) is 12.5 Å². The minimum atomic E-state index is -0.491. The summed E-state index contributed by atoms with van der Waals surface area (Å²) < 4.78 is 14.0. The van der Waals surface area contributed by atoms with Gasteiger partial charge >= 0.3 is 0 Å². The van der Waals surface area contributed by atoms with E-state index in [2.05, 4.69) is 0 Å². The summed E-state index contributed by atoms with van der Waals surface area (Å²) in [5.74, 6) is 1.19. The van der Waals surface area contributed by atoms with E-state index in [4.69, 9.17) is 9.47 Å². The number of aromatic nitrogens is 1. The molecular formula is C21H27NO4S. The summed E-state index contributed by atoms with van der Waals surface area (Å²) in [5, 5.41) is 0. The number of ketones is 1. The molecule has 0 unspecified atom stereocenters. The summed E-state index contributed by atoms with van der Waals surface area (Å²) in [6, 6.07) is 5.55. The van der Waals surface area contributed by atoms with Crippen molar-refractivity contribution in [1.82, 2.24) is 4.57 Å². The maximum Gasteiger partial charge on any atom is 0.268 e. The maximum atomic E-state index is 12.7. The Morgan fingerprint density at radius 1 is 1.26 bits per heavy atom. The lowest BCUT2D eigenvalue weighted by atomic mass is 9.91. The molecule has 0 N–H and O–H groups in total. The van der Waals surface area contributed by atoms with Crippen molar-refractivity contribution in [3.05, 3.63) is 43.3 Å². The van der Waals surface area contributed by atoms with E-state index in [9.17, 15) is 9.59 Å². The molecule has 5 nitrogen and oxygen atoms in total. The Morgan fingerprint density at radius 3 is 2.48 bits per heavy atom. The van der Waals surface area contributed by atoms with Gasteiger partial charge in [0.2, 0.25) is 0 Å². The molecule has 0 radical (unpaired) electrons. The summed E-state index contributed by atoms with van der Waals surface area (Å²) in [5.41, 5.74) is 0.122. The number of carbonyl (C=O) groups is 1. The van der Waals surface area contributed by atoms with E-state index in [0.717, 1.165) is 5.56 Å². The first-order valence-electron chi connectivity index (χ1n) is 8.82. The van der Waals surface area contributed by atoms with Crippen LogP contribution in [0, 0.1) is 5.41 Å². The zero-order valence-electron chi connectivity index (χ0n) is 17.0. The van der Waals surface area contributed by atoms with Gasteiger partial charge in [0, 0.05) is 24.1 Å². The van der Waals surface area contributed by atoms with Crippen LogP contribution in [0.15, 0.2) is 23.0 Å². The third-order valence-electron chi connectivity index (χ3n) is 3.92. The standard InChI is InChI=1S/C21H27NO4S/c1-13(2)26-19-14(9-8-10-15(19)25-7)11-16-20(24)22(6)18(27-16)12-17(23)21(3,4)5/h8-13H,1-7H3/b16-11-,18-12+. The van der Waals surface area contributed by atoms with Crippen LogP contribution in [0.3, 0.4) is 0 Å². The van der Waals surface area contributed by atoms with Crippen molar-refractivity contribution in [2.75, 3.05) is 7.11 Å². The minimum absolute atomic E-state index is 0.0175. The van der Waals surface area contributed by atoms with Crippen molar-refractivity contribution in [1.29, 1.82) is 0 Å². The summed E-state index contributed by atoms with van der Waals surface area (Å²) in [4.78, 5) is 25.0. The normalized spacial score (nSPS) is 13.3. The molecule has 0 aliphatic heterocycles. The molecule has 27 heavy (non-hydrogen) atoms. The van der Waals surface area contributed by atoms with Crippen LogP contribution in [0.5, 0.6) is 11.5 Å². The van der Waals surface area contributed by atoms with E-state index in [1.54, 1.807) is 26.3 Å². The van der Waals surface area contributed by atoms with E-state index >= 15 is 0 Å². The quantitative estimate of drug-likeness (QED) is 0.788. The number of hydrogen-bond donors (Lipinski definition) is 0. The first kappa shape index (κ1) is 21.0. The topological polar surface area (TPSA) is 57.5 Å². The van der Waals surface area contributed by atoms with Gasteiger partial charge in [-0.3, -0.25) is 9.59 Å². The van der Waals surface area contributed by atoms with Gasteiger partial charge in [-0.15, -0.1) is 11.3 Å². The Kier molecular flexibility index (Phi) is 6.31. The van der Waals surface area contributed by atoms with Crippen LogP contribution >= 0.6 is 11.3 Å². The number of benzene rings is 1. The summed E-state index contributed by atoms with van der Waals surface area (Å²) >= 11 is 1.29. The number of carbonyl (C=O) groups excluding carboxylic acids is 1. The molecule has 0 saturated carbocycles. The highest BCUT2D eigenvalue weighted by Crippen LogP contribution is 2.32. The average Bonchev–Trinajstić information content (AvgIpc) is 2.83. The fourth-order valence-electron chi connectivity index (χ4n) is 2.35. The number of rotatable bonds is 5. The predicted octanol–water partition coefficient (Wildman–Crippen LogP) is 2.47. The number of thiazole rings is 1. The zero-order valence-corrected chi connectivity index (χ0v) is 17.8. The van der Waals surface area contributed by atoms with Gasteiger partial charge in [0.15, 0.2) is 17.3 Å². The number of hydrogen-bond acceptors (Lipinski definition) is 5. The highest BCUT2D eigenvalue weighted by molar-refractivity contribution is 7.07. The third kappa shape index (κ3) is 4.89. The number of nitrogens with zero attached hydrogens (tertiary/aromatic N) is 1. The Labute approximate surface area is 163 Å². The second-order valence-corrected chi connectivity index (χ2v) is 8.68. The fraction of sp³-hybridized carbons (Fsp3) is 0.429. The molecular weight excluding hydrogens is 362 g/mol. The number of methoxy groups -OCH3 is 1. The van der Waals surface area contributed by atoms with Crippen molar-refractivity contribution in [3.8, 4) is 11.5 Å². The Hall–Kier alpha value is -2.34. The van der Waals surface area contributed by atoms with Gasteiger partial charge in [-0.2, -0.15) is 0 Å². The fourth-order valence-corrected chi connectivity index (χ4v) is 3.37. The van der Waals surface area contributed by atoms with Gasteiger partial charge in [-0.05, 0) is 26.0 Å². The molecule has 0 amide bonds. The van der Waals surface area contributed by atoms with Crippen molar-refractivity contribution < 1.29 is 14.3 Å². The van der Waals surface area contributed by atoms with Crippen LogP contribution in [0.2, 0.25) is 0 Å². The molecule has 0 aliphatic carbocycles. The predicted molar refractivity (Wildman–Crippen MR) is 110 cm³/mol. The molecule has 0 atom stereocenters. The third-order valence-corrected chi connectivity index (χ3v) is 5.04. The van der Waals surface area contributed by atoms with Crippen LogP contribution < -0.4 is 24.2 Å². The zero-order chi connectivity index (χ0) is 20.4. The molecule has 0 bridgehead atoms. The van der Waals surface area contributed by atoms with E-state index in [1.807, 2.05) is 52.8 Å². The average molecular weight is 390 g/mol. The Morgan fingerprint density at radius 2 is 1.93 bits per heavy atom. The van der Waals surface area contributed by atoms with E-state index < -0.39 is 5.41 Å². The lowest BCUT2D eigenvalue weighted by molar-refractivity contribution is -0.120. The Balaban J connectivity index is 2.66. The van der Waals surface area contributed by atoms with E-state index in [1.165, 1.54) is 15.9 Å². The lowest BCUT2D eigenvalue weighted by Crippen LogP contribution is -2.30. The smallest absolute Gasteiger partial charge is 0.268 e. The SMILES string of the molecule is COc1cccc(/C=c2\s/c(=C/C(=O)C(C)(C)C)n(C)c2=O)c1OC(C)C. The molecule has 146 valence electrons. The van der Waals surface area contributed by atoms with Crippen LogP contribution in [0.25, 0.3) is 12.2 Å². The molecule has 6 heteroatoms. The van der Waals surface area contributed by atoms with E-state index in [-0.39, 0.29) is 17.4 Å². The minimum Gasteiger partial charge on any atom is -0.493 e. The van der Waals surface area contributed by atoms with Gasteiger partial charge in [0.1, 0.15) is 4.66 Å². The summed E-state index contributed by atoms with van der Waals surface area (Å²) in [6.07, 6.45) is 3.29. The van der Waals surface area contributed by atoms with Crippen molar-refractivity contribution in [2.45, 2.75) is 40.7 Å². The number of ether oxygens (including phenoxy) is 2. The van der Waals surface area contributed by atoms with Gasteiger partial charge < -0.3 is 14.0 Å². The second-order valence-electron chi connectivity index (χ2n) is 7.62. The monoisotopic (exact) mass is 389 g/mol. The molecule has 0 saturated heterocycles. The molecule has 2 aromatic rings. The largest absolute Gasteiger partial charge is 0.493 e. The van der Waals surface area contributed by atoms with Gasteiger partial charge in [0.25, 0.3) is 5.56 Å². The van der Waals surface area contributed by atoms with Crippen LogP contribution in [0.1, 0.15) is 40.2 Å². The summed E-state index contributed by atoms with van der Waals surface area (Å²) in [6.45, 7) is 9.44. The lowest BCUT2D eigenvalue weighted by Gasteiger charge is -2.15. The Bertz CT molecular complexity index is 1010. The van der Waals surface area contributed by atoms with Crippen molar-refractivity contribution in [3.63, 3.8) is 0 Å². The molecule has 2 rings (SSSR count). The molecule has 0 fully saturated rings. The molecule has 0 aliphatic rings. The van der Waals surface area contributed by atoms with Crippen LogP contribution in [0.4, 0.5) is 0 Å². The molecule has 1 heterocycles. The second kappa shape index (κ2) is 8.13. The van der Waals surface area contributed by atoms with Gasteiger partial charge in [-0.25, -0.2) is 0 Å². The van der Waals surface area contributed by atoms with Gasteiger partial charge in [0.05, 0.1) is 17.7 Å². The number of para-hydroxylation sites is 1. The summed E-state index contributed by atoms with van der Waals surface area (Å²) in [7, 11) is 3.26. The molecule has 1 aromatic heterocycles. The first-order chi connectivity index (χ1) is 12.5. The van der Waals surface area contributed by atoms with E-state index in [0.29, 0.717) is 20.7 Å². The molecule has 0 spiro atoms. The highest BCUT2D eigenvalue weighted by Gasteiger charge is 2.19.